The van der Waals surface area contributed by atoms with E-state index in [0.717, 1.165) is 12.0 Å². The molecule has 0 radical (unpaired) electrons. The Morgan fingerprint density at radius 2 is 1.76 bits per heavy atom. The van der Waals surface area contributed by atoms with E-state index < -0.39 is 6.04 Å². The lowest BCUT2D eigenvalue weighted by atomic mass is 9.92. The standard InChI is InChI=1S/C17H24N2O2/c1-5-12(4)19-15(11(2)3)16(20)18-14(17(19)21)13-9-7-6-8-10-13/h6-12,14-15H,5H2,1-4H3,(H,18,20). The third kappa shape index (κ3) is 2.94. The van der Waals surface area contributed by atoms with Crippen LogP contribution in [0.15, 0.2) is 30.3 Å². The van der Waals surface area contributed by atoms with E-state index in [1.54, 1.807) is 4.90 Å². The molecule has 0 saturated carbocycles. The fourth-order valence-electron chi connectivity index (χ4n) is 2.89. The van der Waals surface area contributed by atoms with Crippen LogP contribution >= 0.6 is 0 Å². The molecule has 0 aromatic heterocycles. The molecule has 0 bridgehead atoms. The Morgan fingerprint density at radius 3 is 2.29 bits per heavy atom. The van der Waals surface area contributed by atoms with Gasteiger partial charge in [-0.3, -0.25) is 9.59 Å². The fourth-order valence-corrected chi connectivity index (χ4v) is 2.89. The molecule has 1 aliphatic rings. The van der Waals surface area contributed by atoms with Crippen LogP contribution in [0.3, 0.4) is 0 Å². The molecule has 4 nitrogen and oxygen atoms in total. The van der Waals surface area contributed by atoms with Gasteiger partial charge in [0.25, 0.3) is 5.91 Å². The van der Waals surface area contributed by atoms with Crippen LogP contribution < -0.4 is 5.32 Å². The lowest BCUT2D eigenvalue weighted by Gasteiger charge is -2.44. The summed E-state index contributed by atoms with van der Waals surface area (Å²) in [5.41, 5.74) is 0.839. The molecule has 114 valence electrons. The van der Waals surface area contributed by atoms with Crippen LogP contribution in [-0.2, 0) is 9.59 Å². The molecule has 4 heteroatoms. The molecule has 0 aliphatic carbocycles. The summed E-state index contributed by atoms with van der Waals surface area (Å²) in [6.07, 6.45) is 0.837. The monoisotopic (exact) mass is 288 g/mol. The summed E-state index contributed by atoms with van der Waals surface area (Å²) in [6.45, 7) is 8.01. The van der Waals surface area contributed by atoms with Crippen molar-refractivity contribution >= 4 is 11.8 Å². The summed E-state index contributed by atoms with van der Waals surface area (Å²) in [4.78, 5) is 27.2. The predicted octanol–water partition coefficient (Wildman–Crippen LogP) is 2.51. The zero-order valence-corrected chi connectivity index (χ0v) is 13.2. The number of nitrogens with one attached hydrogen (secondary N) is 1. The van der Waals surface area contributed by atoms with Crippen molar-refractivity contribution in [2.45, 2.75) is 52.2 Å². The second-order valence-corrected chi connectivity index (χ2v) is 6.04. The van der Waals surface area contributed by atoms with Gasteiger partial charge in [0, 0.05) is 6.04 Å². The molecule has 1 N–H and O–H groups in total. The topological polar surface area (TPSA) is 49.4 Å². The van der Waals surface area contributed by atoms with Crippen molar-refractivity contribution < 1.29 is 9.59 Å². The smallest absolute Gasteiger partial charge is 0.250 e. The van der Waals surface area contributed by atoms with Crippen molar-refractivity contribution in [3.05, 3.63) is 35.9 Å². The number of benzene rings is 1. The highest BCUT2D eigenvalue weighted by molar-refractivity contribution is 5.97. The van der Waals surface area contributed by atoms with Gasteiger partial charge < -0.3 is 10.2 Å². The highest BCUT2D eigenvalue weighted by Gasteiger charge is 2.43. The molecule has 3 unspecified atom stereocenters. The van der Waals surface area contributed by atoms with Crippen molar-refractivity contribution in [1.82, 2.24) is 10.2 Å². The average molecular weight is 288 g/mol. The van der Waals surface area contributed by atoms with Crippen LogP contribution in [0.2, 0.25) is 0 Å². The molecule has 1 aromatic rings. The van der Waals surface area contributed by atoms with E-state index in [-0.39, 0.29) is 29.8 Å². The highest BCUT2D eigenvalue weighted by atomic mass is 16.2. The average Bonchev–Trinajstić information content (AvgIpc) is 2.48. The van der Waals surface area contributed by atoms with Gasteiger partial charge in [0.1, 0.15) is 12.1 Å². The van der Waals surface area contributed by atoms with Crippen LogP contribution in [-0.4, -0.2) is 28.8 Å². The lowest BCUT2D eigenvalue weighted by Crippen LogP contribution is -2.63. The summed E-state index contributed by atoms with van der Waals surface area (Å²) < 4.78 is 0. The van der Waals surface area contributed by atoms with Gasteiger partial charge in [0.05, 0.1) is 0 Å². The molecule has 1 heterocycles. The third-order valence-corrected chi connectivity index (χ3v) is 4.19. The lowest BCUT2D eigenvalue weighted by molar-refractivity contribution is -0.154. The Bertz CT molecular complexity index is 513. The quantitative estimate of drug-likeness (QED) is 0.925. The van der Waals surface area contributed by atoms with E-state index in [1.165, 1.54) is 0 Å². The minimum atomic E-state index is -0.567. The van der Waals surface area contributed by atoms with E-state index >= 15 is 0 Å². The van der Waals surface area contributed by atoms with Crippen molar-refractivity contribution in [3.8, 4) is 0 Å². The molecular formula is C17H24N2O2. The Morgan fingerprint density at radius 1 is 1.14 bits per heavy atom. The molecule has 2 rings (SSSR count). The first-order valence-electron chi connectivity index (χ1n) is 7.64. The first-order valence-corrected chi connectivity index (χ1v) is 7.64. The maximum Gasteiger partial charge on any atom is 0.250 e. The number of carbonyl (C=O) groups is 2. The number of hydrogen-bond donors (Lipinski definition) is 1. The van der Waals surface area contributed by atoms with Crippen molar-refractivity contribution in [2.75, 3.05) is 0 Å². The molecule has 2 amide bonds. The highest BCUT2D eigenvalue weighted by Crippen LogP contribution is 2.27. The Balaban J connectivity index is 2.38. The van der Waals surface area contributed by atoms with E-state index in [4.69, 9.17) is 0 Å². The molecular weight excluding hydrogens is 264 g/mol. The summed E-state index contributed by atoms with van der Waals surface area (Å²) in [5, 5.41) is 2.89. The zero-order chi connectivity index (χ0) is 15.6. The van der Waals surface area contributed by atoms with Gasteiger partial charge in [-0.15, -0.1) is 0 Å². The molecule has 1 fully saturated rings. The number of nitrogens with zero attached hydrogens (tertiary/aromatic N) is 1. The fraction of sp³-hybridized carbons (Fsp3) is 0.529. The second kappa shape index (κ2) is 6.29. The van der Waals surface area contributed by atoms with Gasteiger partial charge in [-0.2, -0.15) is 0 Å². The molecule has 0 spiro atoms. The summed E-state index contributed by atoms with van der Waals surface area (Å²) in [6, 6.07) is 8.55. The number of piperazine rings is 1. The normalized spacial score (nSPS) is 24.1. The van der Waals surface area contributed by atoms with Crippen LogP contribution in [0.4, 0.5) is 0 Å². The first-order chi connectivity index (χ1) is 9.97. The molecule has 1 saturated heterocycles. The maximum atomic E-state index is 12.9. The Hall–Kier alpha value is -1.84. The van der Waals surface area contributed by atoms with Crippen LogP contribution in [0.5, 0.6) is 0 Å². The maximum absolute atomic E-state index is 12.9. The van der Waals surface area contributed by atoms with Gasteiger partial charge in [-0.1, -0.05) is 51.1 Å². The zero-order valence-electron chi connectivity index (χ0n) is 13.2. The van der Waals surface area contributed by atoms with Crippen molar-refractivity contribution in [3.63, 3.8) is 0 Å². The molecule has 1 aromatic carbocycles. The number of carbonyl (C=O) groups excluding carboxylic acids is 2. The van der Waals surface area contributed by atoms with E-state index in [0.29, 0.717) is 0 Å². The molecule has 3 atom stereocenters. The number of amides is 2. The SMILES string of the molecule is CCC(C)N1C(=O)C(c2ccccc2)NC(=O)C1C(C)C. The van der Waals surface area contributed by atoms with Gasteiger partial charge in [0.2, 0.25) is 5.91 Å². The molecule has 21 heavy (non-hydrogen) atoms. The van der Waals surface area contributed by atoms with Crippen LogP contribution in [0, 0.1) is 5.92 Å². The third-order valence-electron chi connectivity index (χ3n) is 4.19. The van der Waals surface area contributed by atoms with Gasteiger partial charge in [0.15, 0.2) is 0 Å². The van der Waals surface area contributed by atoms with Gasteiger partial charge >= 0.3 is 0 Å². The largest absolute Gasteiger partial charge is 0.339 e. The summed E-state index contributed by atoms with van der Waals surface area (Å²) in [7, 11) is 0. The Labute approximate surface area is 126 Å². The van der Waals surface area contributed by atoms with Crippen molar-refractivity contribution in [2.24, 2.45) is 5.92 Å². The number of rotatable bonds is 4. The summed E-state index contributed by atoms with van der Waals surface area (Å²) >= 11 is 0. The van der Waals surface area contributed by atoms with Crippen LogP contribution in [0.1, 0.15) is 45.7 Å². The minimum absolute atomic E-state index is 0.00569. The first kappa shape index (κ1) is 15.5. The van der Waals surface area contributed by atoms with E-state index in [2.05, 4.69) is 5.32 Å². The molecule has 1 aliphatic heterocycles. The predicted molar refractivity (Wildman–Crippen MR) is 82.6 cm³/mol. The second-order valence-electron chi connectivity index (χ2n) is 6.04. The Kier molecular flexibility index (Phi) is 4.66. The van der Waals surface area contributed by atoms with Crippen molar-refractivity contribution in [1.29, 1.82) is 0 Å². The van der Waals surface area contributed by atoms with E-state index in [9.17, 15) is 9.59 Å². The van der Waals surface area contributed by atoms with Gasteiger partial charge in [-0.25, -0.2) is 0 Å². The summed E-state index contributed by atoms with van der Waals surface area (Å²) in [5.74, 6) is 0.0345. The van der Waals surface area contributed by atoms with E-state index in [1.807, 2.05) is 58.0 Å². The minimum Gasteiger partial charge on any atom is -0.339 e. The van der Waals surface area contributed by atoms with Crippen LogP contribution in [0.25, 0.3) is 0 Å². The van der Waals surface area contributed by atoms with Gasteiger partial charge in [-0.05, 0) is 24.8 Å². The number of hydrogen-bond acceptors (Lipinski definition) is 2.